The van der Waals surface area contributed by atoms with Gasteiger partial charge in [-0.3, -0.25) is 9.79 Å². The fourth-order valence-electron chi connectivity index (χ4n) is 2.67. The molecule has 0 fully saturated rings. The molecule has 26 heavy (non-hydrogen) atoms. The number of aliphatic imine (C=N–C) groups is 1. The van der Waals surface area contributed by atoms with Crippen LogP contribution in [0.15, 0.2) is 45.9 Å². The van der Waals surface area contributed by atoms with Crippen molar-refractivity contribution in [2.45, 2.75) is 6.04 Å². The first-order chi connectivity index (χ1) is 12.6. The van der Waals surface area contributed by atoms with E-state index in [1.807, 2.05) is 24.3 Å². The van der Waals surface area contributed by atoms with E-state index in [9.17, 15) is 4.79 Å². The lowest BCUT2D eigenvalue weighted by Gasteiger charge is -2.14. The Morgan fingerprint density at radius 3 is 2.23 bits per heavy atom. The van der Waals surface area contributed by atoms with Crippen molar-refractivity contribution in [3.05, 3.63) is 52.0 Å². The average Bonchev–Trinajstić information content (AvgIpc) is 3.16. The van der Waals surface area contributed by atoms with Crippen molar-refractivity contribution in [3.8, 4) is 17.2 Å². The lowest BCUT2D eigenvalue weighted by atomic mass is 10.0. The molecule has 0 bridgehead atoms. The molecule has 2 aromatic rings. The third-order valence-electron chi connectivity index (χ3n) is 3.99. The highest BCUT2D eigenvalue weighted by atomic mass is 79.9. The maximum atomic E-state index is 12.9. The Hall–Kier alpha value is -1.99. The quantitative estimate of drug-likeness (QED) is 0.635. The predicted octanol–water partition coefficient (Wildman–Crippen LogP) is 4.22. The molecule has 1 aliphatic heterocycles. The highest BCUT2D eigenvalue weighted by Crippen LogP contribution is 2.39. The number of Topliss-reactive ketones (excluding diaryl/α,β-unsaturated/α-hetero) is 1. The summed E-state index contributed by atoms with van der Waals surface area (Å²) in [5.41, 5.74) is 1.50. The molecule has 7 heteroatoms. The number of ether oxygens (including phenoxy) is 3. The molecule has 1 aliphatic rings. The molecule has 0 saturated carbocycles. The summed E-state index contributed by atoms with van der Waals surface area (Å²) in [4.78, 5) is 17.6. The number of carbonyl (C=O) groups excluding carboxylic acids is 1. The fraction of sp³-hybridized carbons (Fsp3) is 0.263. The van der Waals surface area contributed by atoms with Gasteiger partial charge in [-0.05, 0) is 24.3 Å². The van der Waals surface area contributed by atoms with Crippen molar-refractivity contribution in [1.29, 1.82) is 0 Å². The van der Waals surface area contributed by atoms with Gasteiger partial charge in [-0.15, -0.1) is 11.8 Å². The van der Waals surface area contributed by atoms with E-state index in [0.717, 1.165) is 15.1 Å². The van der Waals surface area contributed by atoms with Gasteiger partial charge in [0, 0.05) is 21.4 Å². The molecule has 0 saturated heterocycles. The first kappa shape index (κ1) is 18.8. The van der Waals surface area contributed by atoms with Crippen LogP contribution in [0.1, 0.15) is 15.9 Å². The SMILES string of the molecule is COc1cc(C(=O)C2CSC(c3ccc(Br)cc3)=N2)cc(OC)c1OC. The summed E-state index contributed by atoms with van der Waals surface area (Å²) < 4.78 is 17.0. The number of rotatable bonds is 6. The minimum atomic E-state index is -0.429. The zero-order chi connectivity index (χ0) is 18.7. The first-order valence-electron chi connectivity index (χ1n) is 7.88. The van der Waals surface area contributed by atoms with Gasteiger partial charge in [0.2, 0.25) is 5.75 Å². The summed E-state index contributed by atoms with van der Waals surface area (Å²) in [5.74, 6) is 1.92. The van der Waals surface area contributed by atoms with Crippen LogP contribution in [0.5, 0.6) is 17.2 Å². The molecule has 0 radical (unpaired) electrons. The van der Waals surface area contributed by atoms with Crippen LogP contribution in [-0.4, -0.2) is 44.0 Å². The second-order valence-corrected chi connectivity index (χ2v) is 7.47. The Balaban J connectivity index is 1.89. The number of halogens is 1. The Bertz CT molecular complexity index is 826. The van der Waals surface area contributed by atoms with Crippen LogP contribution >= 0.6 is 27.7 Å². The van der Waals surface area contributed by atoms with Gasteiger partial charge in [-0.25, -0.2) is 0 Å². The van der Waals surface area contributed by atoms with Crippen LogP contribution in [0, 0.1) is 0 Å². The highest BCUT2D eigenvalue weighted by molar-refractivity contribution is 9.10. The van der Waals surface area contributed by atoms with E-state index in [1.165, 1.54) is 21.3 Å². The first-order valence-corrected chi connectivity index (χ1v) is 9.66. The van der Waals surface area contributed by atoms with Crippen LogP contribution in [0.25, 0.3) is 0 Å². The van der Waals surface area contributed by atoms with Crippen LogP contribution < -0.4 is 14.2 Å². The normalized spacial score (nSPS) is 16.2. The standard InChI is InChI=1S/C19H18BrNO4S/c1-23-15-8-12(9-16(24-2)18(15)25-3)17(22)14-10-26-19(21-14)11-4-6-13(20)7-5-11/h4-9,14H,10H2,1-3H3. The van der Waals surface area contributed by atoms with Crippen LogP contribution in [0.3, 0.4) is 0 Å². The highest BCUT2D eigenvalue weighted by Gasteiger charge is 2.28. The Labute approximate surface area is 164 Å². The molecule has 0 aromatic heterocycles. The Kier molecular flexibility index (Phi) is 5.88. The van der Waals surface area contributed by atoms with Gasteiger partial charge in [-0.1, -0.05) is 28.1 Å². The number of benzene rings is 2. The van der Waals surface area contributed by atoms with Crippen LogP contribution in [0.4, 0.5) is 0 Å². The zero-order valence-electron chi connectivity index (χ0n) is 14.6. The minimum absolute atomic E-state index is 0.0659. The van der Waals surface area contributed by atoms with Crippen molar-refractivity contribution in [3.63, 3.8) is 0 Å². The lowest BCUT2D eigenvalue weighted by molar-refractivity contribution is 0.0971. The Morgan fingerprint density at radius 2 is 1.69 bits per heavy atom. The van der Waals surface area contributed by atoms with Crippen LogP contribution in [0.2, 0.25) is 0 Å². The molecule has 1 heterocycles. The Morgan fingerprint density at radius 1 is 1.08 bits per heavy atom. The molecule has 1 atom stereocenters. The summed E-state index contributed by atoms with van der Waals surface area (Å²) in [6.07, 6.45) is 0. The molecule has 0 aliphatic carbocycles. The smallest absolute Gasteiger partial charge is 0.203 e. The molecule has 0 spiro atoms. The average molecular weight is 436 g/mol. The molecule has 3 rings (SSSR count). The third-order valence-corrected chi connectivity index (χ3v) is 5.62. The number of hydrogen-bond acceptors (Lipinski definition) is 6. The number of ketones is 1. The molecular formula is C19H18BrNO4S. The van der Waals surface area contributed by atoms with E-state index in [4.69, 9.17) is 14.2 Å². The summed E-state index contributed by atoms with van der Waals surface area (Å²) in [6, 6.07) is 10.8. The van der Waals surface area contributed by atoms with E-state index in [0.29, 0.717) is 28.6 Å². The number of carbonyl (C=O) groups is 1. The van der Waals surface area contributed by atoms with Crippen molar-refractivity contribution in [2.24, 2.45) is 4.99 Å². The second-order valence-electron chi connectivity index (χ2n) is 5.55. The molecular weight excluding hydrogens is 418 g/mol. The minimum Gasteiger partial charge on any atom is -0.493 e. The molecule has 2 aromatic carbocycles. The van der Waals surface area contributed by atoms with E-state index < -0.39 is 6.04 Å². The van der Waals surface area contributed by atoms with Gasteiger partial charge in [0.05, 0.1) is 26.4 Å². The summed E-state index contributed by atoms with van der Waals surface area (Å²) in [7, 11) is 4.59. The number of methoxy groups -OCH3 is 3. The van der Waals surface area contributed by atoms with E-state index >= 15 is 0 Å². The van der Waals surface area contributed by atoms with Gasteiger partial charge < -0.3 is 14.2 Å². The van der Waals surface area contributed by atoms with Crippen molar-refractivity contribution in [2.75, 3.05) is 27.1 Å². The van der Waals surface area contributed by atoms with E-state index in [-0.39, 0.29) is 5.78 Å². The fourth-order valence-corrected chi connectivity index (χ4v) is 3.98. The summed E-state index contributed by atoms with van der Waals surface area (Å²) in [5, 5.41) is 0.878. The largest absolute Gasteiger partial charge is 0.493 e. The summed E-state index contributed by atoms with van der Waals surface area (Å²) in [6.45, 7) is 0. The predicted molar refractivity (Wildman–Crippen MR) is 107 cm³/mol. The maximum Gasteiger partial charge on any atom is 0.203 e. The van der Waals surface area contributed by atoms with Gasteiger partial charge in [0.1, 0.15) is 6.04 Å². The topological polar surface area (TPSA) is 57.1 Å². The van der Waals surface area contributed by atoms with Crippen LogP contribution in [-0.2, 0) is 0 Å². The molecule has 0 N–H and O–H groups in total. The zero-order valence-corrected chi connectivity index (χ0v) is 17.0. The molecule has 136 valence electrons. The molecule has 5 nitrogen and oxygen atoms in total. The van der Waals surface area contributed by atoms with Gasteiger partial charge in [-0.2, -0.15) is 0 Å². The van der Waals surface area contributed by atoms with Gasteiger partial charge >= 0.3 is 0 Å². The second kappa shape index (κ2) is 8.14. The third kappa shape index (κ3) is 3.73. The van der Waals surface area contributed by atoms with Crippen molar-refractivity contribution < 1.29 is 19.0 Å². The van der Waals surface area contributed by atoms with Gasteiger partial charge in [0.25, 0.3) is 0 Å². The van der Waals surface area contributed by atoms with Crippen molar-refractivity contribution in [1.82, 2.24) is 0 Å². The van der Waals surface area contributed by atoms with Crippen molar-refractivity contribution >= 4 is 38.5 Å². The monoisotopic (exact) mass is 435 g/mol. The molecule has 1 unspecified atom stereocenters. The number of hydrogen-bond donors (Lipinski definition) is 0. The van der Waals surface area contributed by atoms with Gasteiger partial charge in [0.15, 0.2) is 17.3 Å². The molecule has 0 amide bonds. The lowest BCUT2D eigenvalue weighted by Crippen LogP contribution is -2.19. The van der Waals surface area contributed by atoms with E-state index in [1.54, 1.807) is 23.9 Å². The van der Waals surface area contributed by atoms with E-state index in [2.05, 4.69) is 20.9 Å². The maximum absolute atomic E-state index is 12.9. The number of nitrogens with zero attached hydrogens (tertiary/aromatic N) is 1. The summed E-state index contributed by atoms with van der Waals surface area (Å²) >= 11 is 5.01. The number of thioether (sulfide) groups is 1.